The third-order valence-electron chi connectivity index (χ3n) is 2.17. The number of rotatable bonds is 7. The van der Waals surface area contributed by atoms with Crippen LogP contribution in [0.4, 0.5) is 0 Å². The Morgan fingerprint density at radius 3 is 2.63 bits per heavy atom. The van der Waals surface area contributed by atoms with E-state index in [0.717, 1.165) is 0 Å². The second-order valence-corrected chi connectivity index (χ2v) is 7.95. The van der Waals surface area contributed by atoms with Crippen LogP contribution >= 0.6 is 31.9 Å². The van der Waals surface area contributed by atoms with Gasteiger partial charge in [0.15, 0.2) is 0 Å². The van der Waals surface area contributed by atoms with Crippen LogP contribution in [0.5, 0.6) is 0 Å². The highest BCUT2D eigenvalue weighted by Crippen LogP contribution is 2.25. The minimum Gasteiger partial charge on any atom is -0.380 e. The summed E-state index contributed by atoms with van der Waals surface area (Å²) in [4.78, 5) is 0.214. The van der Waals surface area contributed by atoms with Gasteiger partial charge in [-0.15, -0.1) is 0 Å². The van der Waals surface area contributed by atoms with Crippen molar-refractivity contribution in [2.45, 2.75) is 18.7 Å². The Morgan fingerprint density at radius 2 is 2.00 bits per heavy atom. The van der Waals surface area contributed by atoms with E-state index in [0.29, 0.717) is 28.1 Å². The number of nitrogens with one attached hydrogen (secondary N) is 1. The van der Waals surface area contributed by atoms with Crippen molar-refractivity contribution in [3.63, 3.8) is 0 Å². The van der Waals surface area contributed by atoms with Gasteiger partial charge in [0.25, 0.3) is 0 Å². The van der Waals surface area contributed by atoms with E-state index < -0.39 is 10.0 Å². The molecule has 7 heteroatoms. The molecule has 108 valence electrons. The van der Waals surface area contributed by atoms with E-state index in [2.05, 4.69) is 36.6 Å². The molecule has 0 heterocycles. The molecular formula is C12H17Br2NO3S. The van der Waals surface area contributed by atoms with Crippen LogP contribution in [0.2, 0.25) is 0 Å². The van der Waals surface area contributed by atoms with Gasteiger partial charge in [0.1, 0.15) is 0 Å². The molecule has 0 bridgehead atoms. The van der Waals surface area contributed by atoms with E-state index in [9.17, 15) is 8.42 Å². The molecule has 1 N–H and O–H groups in total. The number of sulfonamides is 1. The van der Waals surface area contributed by atoms with Crippen molar-refractivity contribution in [3.05, 3.63) is 27.1 Å². The zero-order valence-electron chi connectivity index (χ0n) is 10.8. The number of hydrogen-bond acceptors (Lipinski definition) is 3. The first-order valence-electron chi connectivity index (χ1n) is 5.85. The monoisotopic (exact) mass is 413 g/mol. The molecule has 0 saturated heterocycles. The van der Waals surface area contributed by atoms with Gasteiger partial charge in [-0.3, -0.25) is 0 Å². The van der Waals surface area contributed by atoms with Gasteiger partial charge in [-0.1, -0.05) is 29.8 Å². The average Bonchev–Trinajstić information content (AvgIpc) is 2.31. The number of ether oxygens (including phenoxy) is 1. The smallest absolute Gasteiger partial charge is 0.241 e. The summed E-state index contributed by atoms with van der Waals surface area (Å²) in [7, 11) is -3.52. The Balaban J connectivity index is 2.59. The Bertz CT molecular complexity index is 518. The molecule has 0 atom stereocenters. The van der Waals surface area contributed by atoms with Gasteiger partial charge >= 0.3 is 0 Å². The molecule has 0 fully saturated rings. The minimum absolute atomic E-state index is 0.214. The van der Waals surface area contributed by atoms with Crippen LogP contribution in [0.1, 0.15) is 13.8 Å². The molecule has 0 radical (unpaired) electrons. The molecule has 19 heavy (non-hydrogen) atoms. The lowest BCUT2D eigenvalue weighted by Gasteiger charge is -2.10. The van der Waals surface area contributed by atoms with E-state index in [4.69, 9.17) is 4.74 Å². The summed E-state index contributed by atoms with van der Waals surface area (Å²) in [6.45, 7) is 5.34. The molecule has 0 aliphatic heterocycles. The van der Waals surface area contributed by atoms with Crippen molar-refractivity contribution < 1.29 is 13.2 Å². The highest BCUT2D eigenvalue weighted by Gasteiger charge is 2.17. The van der Waals surface area contributed by atoms with E-state index in [1.54, 1.807) is 18.2 Å². The van der Waals surface area contributed by atoms with Crippen molar-refractivity contribution in [2.24, 2.45) is 5.92 Å². The molecule has 4 nitrogen and oxygen atoms in total. The van der Waals surface area contributed by atoms with Crippen LogP contribution in [-0.4, -0.2) is 28.2 Å². The van der Waals surface area contributed by atoms with Crippen molar-refractivity contribution >= 4 is 41.9 Å². The molecule has 0 spiro atoms. The van der Waals surface area contributed by atoms with E-state index in [-0.39, 0.29) is 11.4 Å². The first-order chi connectivity index (χ1) is 8.83. The predicted octanol–water partition coefficient (Wildman–Crippen LogP) is 3.16. The van der Waals surface area contributed by atoms with Gasteiger partial charge < -0.3 is 4.74 Å². The minimum atomic E-state index is -3.52. The highest BCUT2D eigenvalue weighted by atomic mass is 79.9. The Morgan fingerprint density at radius 1 is 1.32 bits per heavy atom. The van der Waals surface area contributed by atoms with E-state index in [1.807, 2.05) is 13.8 Å². The van der Waals surface area contributed by atoms with Crippen LogP contribution in [0.3, 0.4) is 0 Å². The molecule has 0 amide bonds. The van der Waals surface area contributed by atoms with Gasteiger partial charge in [0, 0.05) is 22.1 Å². The molecule has 1 rings (SSSR count). The normalized spacial score (nSPS) is 12.1. The zero-order chi connectivity index (χ0) is 14.5. The fourth-order valence-corrected chi connectivity index (χ4v) is 3.84. The summed E-state index contributed by atoms with van der Waals surface area (Å²) < 4.78 is 33.3. The first-order valence-corrected chi connectivity index (χ1v) is 8.92. The van der Waals surface area contributed by atoms with E-state index in [1.165, 1.54) is 0 Å². The van der Waals surface area contributed by atoms with Gasteiger partial charge in [-0.25, -0.2) is 13.1 Å². The van der Waals surface area contributed by atoms with Crippen LogP contribution < -0.4 is 4.72 Å². The second kappa shape index (κ2) is 7.73. The zero-order valence-corrected chi connectivity index (χ0v) is 14.8. The largest absolute Gasteiger partial charge is 0.380 e. The van der Waals surface area contributed by atoms with Gasteiger partial charge in [0.2, 0.25) is 10.0 Å². The maximum absolute atomic E-state index is 12.1. The van der Waals surface area contributed by atoms with Gasteiger partial charge in [-0.2, -0.15) is 0 Å². The lowest BCUT2D eigenvalue weighted by atomic mass is 10.2. The summed E-state index contributed by atoms with van der Waals surface area (Å²) in [5.74, 6) is 0.441. The molecule has 0 saturated carbocycles. The Hall–Kier alpha value is 0.0500. The second-order valence-electron chi connectivity index (χ2n) is 4.44. The Kier molecular flexibility index (Phi) is 6.96. The third kappa shape index (κ3) is 5.91. The van der Waals surface area contributed by atoms with Crippen LogP contribution in [0.25, 0.3) is 0 Å². The maximum atomic E-state index is 12.1. The molecule has 0 aliphatic carbocycles. The average molecular weight is 415 g/mol. The highest BCUT2D eigenvalue weighted by molar-refractivity contribution is 9.11. The molecular weight excluding hydrogens is 398 g/mol. The molecule has 0 aliphatic rings. The lowest BCUT2D eigenvalue weighted by Crippen LogP contribution is -2.28. The van der Waals surface area contributed by atoms with Crippen molar-refractivity contribution in [1.82, 2.24) is 4.72 Å². The Labute approximate surface area is 131 Å². The predicted molar refractivity (Wildman–Crippen MR) is 82.7 cm³/mol. The van der Waals surface area contributed by atoms with Crippen LogP contribution in [-0.2, 0) is 14.8 Å². The van der Waals surface area contributed by atoms with Gasteiger partial charge in [0.05, 0.1) is 11.5 Å². The summed E-state index contributed by atoms with van der Waals surface area (Å²) in [6.07, 6.45) is 0. The molecule has 0 unspecified atom stereocenters. The van der Waals surface area contributed by atoms with Crippen molar-refractivity contribution in [3.8, 4) is 0 Å². The number of halogens is 2. The van der Waals surface area contributed by atoms with Crippen LogP contribution in [0.15, 0.2) is 32.0 Å². The van der Waals surface area contributed by atoms with E-state index >= 15 is 0 Å². The standard InChI is InChI=1S/C12H17Br2NO3S/c1-9(2)8-18-6-5-15-19(16,17)12-7-10(13)3-4-11(12)14/h3-4,7,9,15H,5-6,8H2,1-2H3. The molecule has 1 aromatic carbocycles. The fraction of sp³-hybridized carbons (Fsp3) is 0.500. The topological polar surface area (TPSA) is 55.4 Å². The molecule has 1 aromatic rings. The SMILES string of the molecule is CC(C)COCCNS(=O)(=O)c1cc(Br)ccc1Br. The fourth-order valence-electron chi connectivity index (χ4n) is 1.33. The summed E-state index contributed by atoms with van der Waals surface area (Å²) in [5, 5.41) is 0. The summed E-state index contributed by atoms with van der Waals surface area (Å²) >= 11 is 6.50. The van der Waals surface area contributed by atoms with Crippen molar-refractivity contribution in [2.75, 3.05) is 19.8 Å². The summed E-state index contributed by atoms with van der Waals surface area (Å²) in [6, 6.07) is 5.02. The quantitative estimate of drug-likeness (QED) is 0.697. The lowest BCUT2D eigenvalue weighted by molar-refractivity contribution is 0.114. The van der Waals surface area contributed by atoms with Crippen molar-refractivity contribution in [1.29, 1.82) is 0 Å². The third-order valence-corrected chi connectivity index (χ3v) is 5.12. The van der Waals surface area contributed by atoms with Crippen LogP contribution in [0, 0.1) is 5.92 Å². The van der Waals surface area contributed by atoms with Gasteiger partial charge in [-0.05, 0) is 40.0 Å². The maximum Gasteiger partial charge on any atom is 0.241 e. The molecule has 0 aromatic heterocycles. The summed E-state index contributed by atoms with van der Waals surface area (Å²) in [5.41, 5.74) is 0. The number of hydrogen-bond donors (Lipinski definition) is 1. The number of benzene rings is 1. The first kappa shape index (κ1) is 17.1.